The summed E-state index contributed by atoms with van der Waals surface area (Å²) in [5.41, 5.74) is 0.517. The van der Waals surface area contributed by atoms with Gasteiger partial charge in [0.2, 0.25) is 0 Å². The van der Waals surface area contributed by atoms with Crippen molar-refractivity contribution in [1.82, 2.24) is 9.97 Å². The SMILES string of the molecule is O=C(O)c1ccc(-c2ccc(OC(c3ncc(C(F)(F)F)[nH]3)c3c(Cl)cccc3Cl)cc2)c(Cl)c1. The maximum atomic E-state index is 13.2. The minimum atomic E-state index is -4.63. The van der Waals surface area contributed by atoms with Gasteiger partial charge in [0.05, 0.1) is 11.8 Å². The highest BCUT2D eigenvalue weighted by Crippen LogP contribution is 2.38. The average Bonchev–Trinajstić information content (AvgIpc) is 3.29. The Labute approximate surface area is 212 Å². The topological polar surface area (TPSA) is 75.2 Å². The van der Waals surface area contributed by atoms with Crippen LogP contribution in [-0.2, 0) is 6.18 Å². The summed E-state index contributed by atoms with van der Waals surface area (Å²) in [6.45, 7) is 0. The number of carboxylic acid groups (broad SMARTS) is 1. The summed E-state index contributed by atoms with van der Waals surface area (Å²) in [7, 11) is 0. The second kappa shape index (κ2) is 9.81. The number of aromatic nitrogens is 2. The van der Waals surface area contributed by atoms with Gasteiger partial charge in [-0.15, -0.1) is 0 Å². The van der Waals surface area contributed by atoms with Crippen molar-refractivity contribution >= 4 is 40.8 Å². The van der Waals surface area contributed by atoms with E-state index in [0.29, 0.717) is 17.3 Å². The Hall–Kier alpha value is -3.20. The number of hydrogen-bond donors (Lipinski definition) is 2. The van der Waals surface area contributed by atoms with Crippen LogP contribution >= 0.6 is 34.8 Å². The van der Waals surface area contributed by atoms with Gasteiger partial charge >= 0.3 is 12.1 Å². The van der Waals surface area contributed by atoms with Crippen molar-refractivity contribution in [3.05, 3.63) is 105 Å². The van der Waals surface area contributed by atoms with Crippen molar-refractivity contribution < 1.29 is 27.8 Å². The van der Waals surface area contributed by atoms with Gasteiger partial charge < -0.3 is 14.8 Å². The first-order valence-electron chi connectivity index (χ1n) is 9.90. The largest absolute Gasteiger partial charge is 0.478 e. The van der Waals surface area contributed by atoms with Crippen molar-refractivity contribution in [2.45, 2.75) is 12.3 Å². The normalized spacial score (nSPS) is 12.4. The number of aromatic amines is 1. The van der Waals surface area contributed by atoms with E-state index in [1.807, 2.05) is 0 Å². The molecule has 180 valence electrons. The fourth-order valence-electron chi connectivity index (χ4n) is 3.36. The van der Waals surface area contributed by atoms with Crippen molar-refractivity contribution in [2.24, 2.45) is 0 Å². The number of benzene rings is 3. The number of H-pyrrole nitrogens is 1. The van der Waals surface area contributed by atoms with E-state index < -0.39 is 23.9 Å². The third-order valence-electron chi connectivity index (χ3n) is 5.05. The summed E-state index contributed by atoms with van der Waals surface area (Å²) in [4.78, 5) is 17.2. The third-order valence-corrected chi connectivity index (χ3v) is 6.02. The average molecular weight is 542 g/mol. The number of nitrogens with zero attached hydrogens (tertiary/aromatic N) is 1. The summed E-state index contributed by atoms with van der Waals surface area (Å²) in [6, 6.07) is 15.5. The molecule has 0 aliphatic rings. The molecule has 0 saturated carbocycles. The smallest absolute Gasteiger partial charge is 0.432 e. The second-order valence-electron chi connectivity index (χ2n) is 7.34. The van der Waals surface area contributed by atoms with Crippen LogP contribution < -0.4 is 4.74 Å². The first-order valence-corrected chi connectivity index (χ1v) is 11.0. The molecule has 2 N–H and O–H groups in total. The fourth-order valence-corrected chi connectivity index (χ4v) is 4.24. The molecule has 0 fully saturated rings. The standard InChI is InChI=1S/C24H14Cl3F3N2O3/c25-16-2-1-3-17(26)20(16)21(22-31-11-19(32-22)24(28,29)30)35-14-7-4-12(5-8-14)15-9-6-13(23(33)34)10-18(15)27/h1-11,21H,(H,31,32)(H,33,34). The van der Waals surface area contributed by atoms with Crippen LogP contribution in [0, 0.1) is 0 Å². The van der Waals surface area contributed by atoms with Gasteiger partial charge in [-0.2, -0.15) is 13.2 Å². The van der Waals surface area contributed by atoms with Crippen LogP contribution in [0.4, 0.5) is 13.2 Å². The van der Waals surface area contributed by atoms with Crippen molar-refractivity contribution in [3.63, 3.8) is 0 Å². The maximum Gasteiger partial charge on any atom is 0.432 e. The molecule has 0 aliphatic carbocycles. The molecule has 1 unspecified atom stereocenters. The van der Waals surface area contributed by atoms with Gasteiger partial charge in [0, 0.05) is 26.2 Å². The van der Waals surface area contributed by atoms with Crippen LogP contribution in [0.15, 0.2) is 66.9 Å². The van der Waals surface area contributed by atoms with Gasteiger partial charge in [-0.3, -0.25) is 0 Å². The molecular weight excluding hydrogens is 528 g/mol. The molecular formula is C24H14Cl3F3N2O3. The lowest BCUT2D eigenvalue weighted by molar-refractivity contribution is -0.141. The Balaban J connectivity index is 1.69. The van der Waals surface area contributed by atoms with Gasteiger partial charge in [-0.25, -0.2) is 9.78 Å². The molecule has 1 aromatic heterocycles. The fraction of sp³-hybridized carbons (Fsp3) is 0.0833. The first-order chi connectivity index (χ1) is 16.5. The molecule has 0 bridgehead atoms. The van der Waals surface area contributed by atoms with Crippen LogP contribution in [0.25, 0.3) is 11.1 Å². The number of imidazole rings is 1. The highest BCUT2D eigenvalue weighted by atomic mass is 35.5. The zero-order valence-corrected chi connectivity index (χ0v) is 19.7. The Morgan fingerprint density at radius 3 is 2.17 bits per heavy atom. The monoisotopic (exact) mass is 540 g/mol. The summed E-state index contributed by atoms with van der Waals surface area (Å²) in [5.74, 6) is -0.945. The molecule has 11 heteroatoms. The Morgan fingerprint density at radius 2 is 1.63 bits per heavy atom. The van der Waals surface area contributed by atoms with Gasteiger partial charge in [0.15, 0.2) is 11.9 Å². The molecule has 3 aromatic carbocycles. The van der Waals surface area contributed by atoms with Gasteiger partial charge in [0.25, 0.3) is 0 Å². The molecule has 1 heterocycles. The lowest BCUT2D eigenvalue weighted by Crippen LogP contribution is -2.13. The Kier molecular flexibility index (Phi) is 6.98. The van der Waals surface area contributed by atoms with Crippen LogP contribution in [-0.4, -0.2) is 21.0 Å². The number of aromatic carboxylic acids is 1. The van der Waals surface area contributed by atoms with E-state index in [0.717, 1.165) is 0 Å². The molecule has 35 heavy (non-hydrogen) atoms. The number of alkyl halides is 3. The second-order valence-corrected chi connectivity index (χ2v) is 8.56. The number of carbonyl (C=O) groups is 1. The number of ether oxygens (including phenoxy) is 1. The molecule has 1 atom stereocenters. The van der Waals surface area contributed by atoms with E-state index in [1.54, 1.807) is 48.5 Å². The van der Waals surface area contributed by atoms with Gasteiger partial charge in [-0.1, -0.05) is 59.1 Å². The summed E-state index contributed by atoms with van der Waals surface area (Å²) >= 11 is 18.9. The third kappa shape index (κ3) is 5.40. The zero-order valence-electron chi connectivity index (χ0n) is 17.4. The van der Waals surface area contributed by atoms with Crippen molar-refractivity contribution in [3.8, 4) is 16.9 Å². The number of hydrogen-bond acceptors (Lipinski definition) is 3. The number of nitrogens with one attached hydrogen (secondary N) is 1. The van der Waals surface area contributed by atoms with Gasteiger partial charge in [0.1, 0.15) is 11.4 Å². The minimum absolute atomic E-state index is 0.0508. The lowest BCUT2D eigenvalue weighted by atomic mass is 10.0. The first kappa shape index (κ1) is 24.9. The molecule has 4 rings (SSSR count). The molecule has 0 amide bonds. The predicted octanol–water partition coefficient (Wildman–Crippen LogP) is 7.92. The molecule has 5 nitrogen and oxygen atoms in total. The highest BCUT2D eigenvalue weighted by Gasteiger charge is 2.35. The van der Waals surface area contributed by atoms with Crippen LogP contribution in [0.2, 0.25) is 15.1 Å². The predicted molar refractivity (Wildman–Crippen MR) is 126 cm³/mol. The van der Waals surface area contributed by atoms with E-state index in [4.69, 9.17) is 44.6 Å². The van der Waals surface area contributed by atoms with Crippen LogP contribution in [0.5, 0.6) is 5.75 Å². The van der Waals surface area contributed by atoms with Crippen LogP contribution in [0.3, 0.4) is 0 Å². The van der Waals surface area contributed by atoms with E-state index in [-0.39, 0.29) is 37.8 Å². The van der Waals surface area contributed by atoms with Crippen LogP contribution in [0.1, 0.15) is 33.5 Å². The number of carboxylic acids is 1. The van der Waals surface area contributed by atoms with Crippen molar-refractivity contribution in [2.75, 3.05) is 0 Å². The molecule has 0 saturated heterocycles. The minimum Gasteiger partial charge on any atom is -0.478 e. The van der Waals surface area contributed by atoms with E-state index in [2.05, 4.69) is 9.97 Å². The van der Waals surface area contributed by atoms with E-state index >= 15 is 0 Å². The summed E-state index contributed by atoms with van der Waals surface area (Å²) in [6.07, 6.45) is -5.13. The quantitative estimate of drug-likeness (QED) is 0.260. The summed E-state index contributed by atoms with van der Waals surface area (Å²) in [5, 5.41) is 9.72. The lowest BCUT2D eigenvalue weighted by Gasteiger charge is -2.20. The number of halogens is 6. The molecule has 4 aromatic rings. The molecule has 0 radical (unpaired) electrons. The maximum absolute atomic E-state index is 13.2. The summed E-state index contributed by atoms with van der Waals surface area (Å²) < 4.78 is 45.5. The van der Waals surface area contributed by atoms with Gasteiger partial charge in [-0.05, 0) is 42.0 Å². The number of rotatable bonds is 6. The highest BCUT2D eigenvalue weighted by molar-refractivity contribution is 6.36. The molecule has 0 spiro atoms. The zero-order chi connectivity index (χ0) is 25.3. The van der Waals surface area contributed by atoms with E-state index in [9.17, 15) is 18.0 Å². The van der Waals surface area contributed by atoms with Crippen molar-refractivity contribution in [1.29, 1.82) is 0 Å². The Morgan fingerprint density at radius 1 is 0.971 bits per heavy atom. The van der Waals surface area contributed by atoms with E-state index in [1.165, 1.54) is 12.1 Å². The molecule has 0 aliphatic heterocycles. The Bertz CT molecular complexity index is 1370.